The summed E-state index contributed by atoms with van der Waals surface area (Å²) in [5, 5.41) is 2.94. The Morgan fingerprint density at radius 1 is 1.24 bits per heavy atom. The fourth-order valence-corrected chi connectivity index (χ4v) is 2.06. The van der Waals surface area contributed by atoms with E-state index in [9.17, 15) is 9.59 Å². The minimum atomic E-state index is -0.529. The van der Waals surface area contributed by atoms with Gasteiger partial charge in [0.25, 0.3) is 5.91 Å². The number of carbonyl (C=O) groups excluding carboxylic acids is 2. The first kappa shape index (κ1) is 15.0. The summed E-state index contributed by atoms with van der Waals surface area (Å²) >= 11 is 6.03. The molecule has 1 N–H and O–H groups in total. The van der Waals surface area contributed by atoms with Crippen LogP contribution in [0.3, 0.4) is 0 Å². The number of hydrogen-bond acceptors (Lipinski definition) is 4. The Bertz CT molecular complexity index is 701. The molecule has 0 unspecified atom stereocenters. The van der Waals surface area contributed by atoms with Crippen molar-refractivity contribution in [1.82, 2.24) is 4.98 Å². The molecule has 0 saturated carbocycles. The molecule has 0 aliphatic carbocycles. The maximum Gasteiger partial charge on any atom is 0.339 e. The van der Waals surface area contributed by atoms with E-state index in [0.29, 0.717) is 16.4 Å². The average molecular weight is 305 g/mol. The number of methoxy groups -OCH3 is 1. The van der Waals surface area contributed by atoms with Crippen molar-refractivity contribution in [3.05, 3.63) is 58.4 Å². The molecule has 0 bridgehead atoms. The van der Waals surface area contributed by atoms with E-state index in [1.54, 1.807) is 37.3 Å². The first-order valence-corrected chi connectivity index (χ1v) is 6.51. The second-order valence-corrected chi connectivity index (χ2v) is 4.70. The molecule has 0 aliphatic rings. The number of ether oxygens (including phenoxy) is 1. The van der Waals surface area contributed by atoms with E-state index >= 15 is 0 Å². The monoisotopic (exact) mass is 304 g/mol. The van der Waals surface area contributed by atoms with E-state index < -0.39 is 11.9 Å². The Hall–Kier alpha value is -2.40. The van der Waals surface area contributed by atoms with Crippen LogP contribution in [-0.4, -0.2) is 24.0 Å². The van der Waals surface area contributed by atoms with Gasteiger partial charge in [-0.15, -0.1) is 0 Å². The predicted molar refractivity (Wildman–Crippen MR) is 79.7 cm³/mol. The molecule has 108 valence electrons. The molecular weight excluding hydrogens is 292 g/mol. The standard InChI is InChI=1S/C15H13ClN2O3/c1-9-7-12(16)11(8-17-9)14(19)18-13-6-4-3-5-10(13)15(20)21-2/h3-8H,1-2H3,(H,18,19). The molecule has 1 amide bonds. The molecule has 0 atom stereocenters. The van der Waals surface area contributed by atoms with Crippen LogP contribution < -0.4 is 5.32 Å². The largest absolute Gasteiger partial charge is 0.465 e. The van der Waals surface area contributed by atoms with Crippen molar-refractivity contribution >= 4 is 29.2 Å². The number of aromatic nitrogens is 1. The molecule has 1 heterocycles. The third-order valence-corrected chi connectivity index (χ3v) is 3.13. The van der Waals surface area contributed by atoms with Crippen molar-refractivity contribution < 1.29 is 14.3 Å². The van der Waals surface area contributed by atoms with Gasteiger partial charge >= 0.3 is 5.97 Å². The Balaban J connectivity index is 2.30. The summed E-state index contributed by atoms with van der Waals surface area (Å²) in [5.41, 5.74) is 1.57. The van der Waals surface area contributed by atoms with E-state index in [1.807, 2.05) is 0 Å². The average Bonchev–Trinajstić information content (AvgIpc) is 2.46. The number of nitrogens with zero attached hydrogens (tertiary/aromatic N) is 1. The summed E-state index contributed by atoms with van der Waals surface area (Å²) < 4.78 is 4.68. The van der Waals surface area contributed by atoms with Crippen molar-refractivity contribution in [1.29, 1.82) is 0 Å². The fourth-order valence-electron chi connectivity index (χ4n) is 1.76. The van der Waals surface area contributed by atoms with Crippen LogP contribution in [0.2, 0.25) is 5.02 Å². The van der Waals surface area contributed by atoms with Gasteiger partial charge in [0.2, 0.25) is 0 Å². The van der Waals surface area contributed by atoms with Gasteiger partial charge in [-0.05, 0) is 25.1 Å². The van der Waals surface area contributed by atoms with E-state index in [-0.39, 0.29) is 11.1 Å². The van der Waals surface area contributed by atoms with Gasteiger partial charge in [0.05, 0.1) is 28.9 Å². The Kier molecular flexibility index (Phi) is 4.55. The number of nitrogens with one attached hydrogen (secondary N) is 1. The molecule has 0 radical (unpaired) electrons. The zero-order valence-corrected chi connectivity index (χ0v) is 12.3. The summed E-state index contributed by atoms with van der Waals surface area (Å²) in [5.74, 6) is -0.970. The van der Waals surface area contributed by atoms with Crippen molar-refractivity contribution in [3.8, 4) is 0 Å². The number of halogens is 1. The summed E-state index contributed by atoms with van der Waals surface area (Å²) in [4.78, 5) is 27.9. The number of esters is 1. The number of amides is 1. The highest BCUT2D eigenvalue weighted by Crippen LogP contribution is 2.20. The molecular formula is C15H13ClN2O3. The minimum absolute atomic E-state index is 0.238. The molecule has 5 nitrogen and oxygen atoms in total. The fraction of sp³-hybridized carbons (Fsp3) is 0.133. The molecule has 0 saturated heterocycles. The number of benzene rings is 1. The Morgan fingerprint density at radius 2 is 1.95 bits per heavy atom. The zero-order valence-electron chi connectivity index (χ0n) is 11.5. The molecule has 2 aromatic rings. The molecule has 1 aromatic heterocycles. The first-order chi connectivity index (χ1) is 10.0. The van der Waals surface area contributed by atoms with Crippen molar-refractivity contribution in [2.75, 3.05) is 12.4 Å². The van der Waals surface area contributed by atoms with E-state index in [2.05, 4.69) is 15.0 Å². The molecule has 0 spiro atoms. The number of para-hydroxylation sites is 1. The van der Waals surface area contributed by atoms with Gasteiger partial charge in [-0.3, -0.25) is 9.78 Å². The van der Waals surface area contributed by atoms with E-state index in [0.717, 1.165) is 0 Å². The SMILES string of the molecule is COC(=O)c1ccccc1NC(=O)c1cnc(C)cc1Cl. The zero-order chi connectivity index (χ0) is 15.4. The van der Waals surface area contributed by atoms with Crippen LogP contribution >= 0.6 is 11.6 Å². The number of carbonyl (C=O) groups is 2. The van der Waals surface area contributed by atoms with Crippen molar-refractivity contribution in [2.45, 2.75) is 6.92 Å². The lowest BCUT2D eigenvalue weighted by molar-refractivity contribution is 0.0602. The number of aryl methyl sites for hydroxylation is 1. The molecule has 2 rings (SSSR count). The third kappa shape index (κ3) is 3.38. The van der Waals surface area contributed by atoms with Gasteiger partial charge in [-0.2, -0.15) is 0 Å². The maximum atomic E-state index is 12.2. The van der Waals surface area contributed by atoms with Gasteiger partial charge in [0, 0.05) is 11.9 Å². The van der Waals surface area contributed by atoms with Crippen LogP contribution in [0, 0.1) is 6.92 Å². The van der Waals surface area contributed by atoms with Crippen LogP contribution in [-0.2, 0) is 4.74 Å². The second kappa shape index (κ2) is 6.37. The Morgan fingerprint density at radius 3 is 2.62 bits per heavy atom. The minimum Gasteiger partial charge on any atom is -0.465 e. The molecule has 21 heavy (non-hydrogen) atoms. The number of rotatable bonds is 3. The molecule has 0 aliphatic heterocycles. The summed E-state index contributed by atoms with van der Waals surface area (Å²) in [6.45, 7) is 1.78. The van der Waals surface area contributed by atoms with Crippen LogP contribution in [0.4, 0.5) is 5.69 Å². The van der Waals surface area contributed by atoms with Gasteiger partial charge in [-0.25, -0.2) is 4.79 Å². The first-order valence-electron chi connectivity index (χ1n) is 6.13. The number of pyridine rings is 1. The lowest BCUT2D eigenvalue weighted by Crippen LogP contribution is -2.16. The van der Waals surface area contributed by atoms with E-state index in [1.165, 1.54) is 13.3 Å². The van der Waals surface area contributed by atoms with Crippen molar-refractivity contribution in [2.24, 2.45) is 0 Å². The van der Waals surface area contributed by atoms with Crippen molar-refractivity contribution in [3.63, 3.8) is 0 Å². The molecule has 1 aromatic carbocycles. The van der Waals surface area contributed by atoms with Gasteiger partial charge in [0.15, 0.2) is 0 Å². The van der Waals surface area contributed by atoms with Gasteiger partial charge in [-0.1, -0.05) is 23.7 Å². The van der Waals surface area contributed by atoms with Gasteiger partial charge < -0.3 is 10.1 Å². The predicted octanol–water partition coefficient (Wildman–Crippen LogP) is 3.08. The topological polar surface area (TPSA) is 68.3 Å². The van der Waals surface area contributed by atoms with Gasteiger partial charge in [0.1, 0.15) is 0 Å². The normalized spacial score (nSPS) is 10.0. The molecule has 6 heteroatoms. The lowest BCUT2D eigenvalue weighted by atomic mass is 10.1. The number of anilines is 1. The third-order valence-electron chi connectivity index (χ3n) is 2.82. The smallest absolute Gasteiger partial charge is 0.339 e. The highest BCUT2D eigenvalue weighted by molar-refractivity contribution is 6.34. The summed E-state index contributed by atoms with van der Waals surface area (Å²) in [7, 11) is 1.28. The maximum absolute atomic E-state index is 12.2. The Labute approximate surface area is 126 Å². The quantitative estimate of drug-likeness (QED) is 0.885. The highest BCUT2D eigenvalue weighted by Gasteiger charge is 2.16. The number of hydrogen-bond donors (Lipinski definition) is 1. The van der Waals surface area contributed by atoms with E-state index in [4.69, 9.17) is 11.6 Å². The lowest BCUT2D eigenvalue weighted by Gasteiger charge is -2.10. The van der Waals surface area contributed by atoms with Crippen LogP contribution in [0.15, 0.2) is 36.5 Å². The van der Waals surface area contributed by atoms with Crippen LogP contribution in [0.1, 0.15) is 26.4 Å². The van der Waals surface area contributed by atoms with Crippen LogP contribution in [0.5, 0.6) is 0 Å². The highest BCUT2D eigenvalue weighted by atomic mass is 35.5. The summed E-state index contributed by atoms with van der Waals surface area (Å²) in [6, 6.07) is 8.16. The molecule has 0 fully saturated rings. The summed E-state index contributed by atoms with van der Waals surface area (Å²) in [6.07, 6.45) is 1.40. The second-order valence-electron chi connectivity index (χ2n) is 4.30. The van der Waals surface area contributed by atoms with Crippen LogP contribution in [0.25, 0.3) is 0 Å².